The van der Waals surface area contributed by atoms with Crippen LogP contribution in [0.4, 0.5) is 4.39 Å². The summed E-state index contributed by atoms with van der Waals surface area (Å²) in [6.45, 7) is 0.350. The molecule has 6 heteroatoms. The zero-order valence-electron chi connectivity index (χ0n) is 13.4. The summed E-state index contributed by atoms with van der Waals surface area (Å²) in [7, 11) is 3.34. The molecular weight excluding hydrogens is 297 g/mol. The van der Waals surface area contributed by atoms with Gasteiger partial charge in [0.2, 0.25) is 0 Å². The first-order valence-electron chi connectivity index (χ1n) is 7.75. The predicted octanol–water partition coefficient (Wildman–Crippen LogP) is 2.38. The van der Waals surface area contributed by atoms with Crippen molar-refractivity contribution in [1.29, 1.82) is 0 Å². The number of methoxy groups -OCH3 is 1. The molecule has 1 aliphatic carbocycles. The van der Waals surface area contributed by atoms with E-state index in [0.717, 1.165) is 37.1 Å². The van der Waals surface area contributed by atoms with Gasteiger partial charge in [0.05, 0.1) is 30.6 Å². The number of benzene rings is 1. The number of rotatable bonds is 4. The maximum absolute atomic E-state index is 13.9. The molecule has 0 aliphatic heterocycles. The fraction of sp³-hybridized carbons (Fsp3) is 0.412. The number of nitrogens with zero attached hydrogens (tertiary/aromatic N) is 2. The first kappa shape index (κ1) is 15.5. The summed E-state index contributed by atoms with van der Waals surface area (Å²) in [4.78, 5) is 12.2. The zero-order chi connectivity index (χ0) is 16.4. The molecular formula is C17H20FN3O2. The summed E-state index contributed by atoms with van der Waals surface area (Å²) in [5.74, 6) is -0.635. The van der Waals surface area contributed by atoms with E-state index in [2.05, 4.69) is 10.4 Å². The Labute approximate surface area is 134 Å². The summed E-state index contributed by atoms with van der Waals surface area (Å²) in [5.41, 5.74) is 3.37. The highest BCUT2D eigenvalue weighted by Crippen LogP contribution is 2.23. The van der Waals surface area contributed by atoms with Gasteiger partial charge < -0.3 is 10.1 Å². The highest BCUT2D eigenvalue weighted by atomic mass is 19.1. The molecule has 5 nitrogen and oxygen atoms in total. The van der Waals surface area contributed by atoms with Crippen molar-refractivity contribution in [1.82, 2.24) is 15.1 Å². The van der Waals surface area contributed by atoms with Crippen molar-refractivity contribution in [2.75, 3.05) is 7.11 Å². The Bertz CT molecular complexity index is 740. The van der Waals surface area contributed by atoms with Crippen molar-refractivity contribution >= 4 is 5.91 Å². The van der Waals surface area contributed by atoms with Gasteiger partial charge in [-0.25, -0.2) is 4.39 Å². The van der Waals surface area contributed by atoms with E-state index in [-0.39, 0.29) is 5.56 Å². The lowest BCUT2D eigenvalue weighted by molar-refractivity contribution is 0.0946. The van der Waals surface area contributed by atoms with Crippen LogP contribution in [0.15, 0.2) is 18.2 Å². The van der Waals surface area contributed by atoms with Crippen molar-refractivity contribution in [3.05, 3.63) is 46.5 Å². The van der Waals surface area contributed by atoms with Gasteiger partial charge >= 0.3 is 0 Å². The molecule has 1 aromatic carbocycles. The molecule has 1 N–H and O–H groups in total. The normalized spacial score (nSPS) is 13.5. The van der Waals surface area contributed by atoms with Gasteiger partial charge in [0.15, 0.2) is 0 Å². The maximum atomic E-state index is 13.9. The Hall–Kier alpha value is -2.37. The maximum Gasteiger partial charge on any atom is 0.254 e. The zero-order valence-corrected chi connectivity index (χ0v) is 13.4. The number of nitrogens with one attached hydrogen (secondary N) is 1. The van der Waals surface area contributed by atoms with E-state index in [1.54, 1.807) is 6.07 Å². The smallest absolute Gasteiger partial charge is 0.254 e. The molecule has 122 valence electrons. The van der Waals surface area contributed by atoms with Crippen molar-refractivity contribution in [3.63, 3.8) is 0 Å². The minimum atomic E-state index is -0.589. The molecule has 0 bridgehead atoms. The van der Waals surface area contributed by atoms with E-state index in [1.165, 1.54) is 24.8 Å². The third kappa shape index (κ3) is 3.06. The van der Waals surface area contributed by atoms with Crippen LogP contribution in [0.5, 0.6) is 5.75 Å². The summed E-state index contributed by atoms with van der Waals surface area (Å²) in [6.07, 6.45) is 4.29. The second kappa shape index (κ2) is 6.40. The van der Waals surface area contributed by atoms with E-state index in [1.807, 2.05) is 11.7 Å². The predicted molar refractivity (Wildman–Crippen MR) is 84.0 cm³/mol. The van der Waals surface area contributed by atoms with E-state index in [0.29, 0.717) is 12.3 Å². The first-order valence-corrected chi connectivity index (χ1v) is 7.75. The Morgan fingerprint density at radius 1 is 1.39 bits per heavy atom. The molecule has 3 rings (SSSR count). The van der Waals surface area contributed by atoms with Gasteiger partial charge in [0, 0.05) is 13.1 Å². The third-order valence-corrected chi connectivity index (χ3v) is 4.29. The van der Waals surface area contributed by atoms with Crippen LogP contribution < -0.4 is 10.1 Å². The Morgan fingerprint density at radius 3 is 2.91 bits per heavy atom. The molecule has 0 spiro atoms. The van der Waals surface area contributed by atoms with E-state index in [9.17, 15) is 9.18 Å². The highest BCUT2D eigenvalue weighted by Gasteiger charge is 2.20. The number of hydrogen-bond donors (Lipinski definition) is 1. The van der Waals surface area contributed by atoms with Gasteiger partial charge in [-0.15, -0.1) is 0 Å². The molecule has 0 atom stereocenters. The lowest BCUT2D eigenvalue weighted by Gasteiger charge is -2.12. The molecule has 0 saturated heterocycles. The molecule has 0 radical (unpaired) electrons. The van der Waals surface area contributed by atoms with Crippen molar-refractivity contribution in [2.45, 2.75) is 32.2 Å². The van der Waals surface area contributed by atoms with Crippen LogP contribution in [-0.4, -0.2) is 22.8 Å². The van der Waals surface area contributed by atoms with Crippen LogP contribution in [-0.2, 0) is 26.4 Å². The van der Waals surface area contributed by atoms with E-state index in [4.69, 9.17) is 4.74 Å². The monoisotopic (exact) mass is 317 g/mol. The number of ether oxygens (including phenoxy) is 1. The lowest BCUT2D eigenvalue weighted by Crippen LogP contribution is -2.25. The molecule has 0 unspecified atom stereocenters. The number of carbonyl (C=O) groups excluding carboxylic acids is 1. The second-order valence-electron chi connectivity index (χ2n) is 5.73. The Morgan fingerprint density at radius 2 is 2.17 bits per heavy atom. The standard InChI is InChI=1S/C17H20FN3O2/c1-21-16(13-5-3-4-6-15(13)20-21)10-19-17(22)12-8-7-11(23-2)9-14(12)18/h7-9H,3-6,10H2,1-2H3,(H,19,22). The number of halogens is 1. The largest absolute Gasteiger partial charge is 0.497 e. The van der Waals surface area contributed by atoms with Crippen LogP contribution in [0.2, 0.25) is 0 Å². The Kier molecular flexibility index (Phi) is 4.32. The third-order valence-electron chi connectivity index (χ3n) is 4.29. The molecule has 1 heterocycles. The fourth-order valence-corrected chi connectivity index (χ4v) is 3.03. The van der Waals surface area contributed by atoms with Gasteiger partial charge in [-0.1, -0.05) is 0 Å². The van der Waals surface area contributed by atoms with Crippen LogP contribution in [0.3, 0.4) is 0 Å². The average Bonchev–Trinajstić information content (AvgIpc) is 2.87. The Balaban J connectivity index is 1.74. The van der Waals surface area contributed by atoms with Gasteiger partial charge in [-0.3, -0.25) is 9.48 Å². The number of amides is 1. The summed E-state index contributed by atoms with van der Waals surface area (Å²) < 4.78 is 20.7. The average molecular weight is 317 g/mol. The number of hydrogen-bond acceptors (Lipinski definition) is 3. The topological polar surface area (TPSA) is 56.1 Å². The van der Waals surface area contributed by atoms with Crippen molar-refractivity contribution in [2.24, 2.45) is 7.05 Å². The SMILES string of the molecule is COc1ccc(C(=O)NCc2c3c(nn2C)CCCC3)c(F)c1. The molecule has 0 saturated carbocycles. The van der Waals surface area contributed by atoms with Crippen molar-refractivity contribution < 1.29 is 13.9 Å². The minimum absolute atomic E-state index is 0.0156. The summed E-state index contributed by atoms with van der Waals surface area (Å²) in [5, 5.41) is 7.31. The highest BCUT2D eigenvalue weighted by molar-refractivity contribution is 5.94. The number of carbonyl (C=O) groups is 1. The minimum Gasteiger partial charge on any atom is -0.497 e. The molecule has 0 fully saturated rings. The summed E-state index contributed by atoms with van der Waals surface area (Å²) >= 11 is 0. The number of fused-ring (bicyclic) bond motifs is 1. The van der Waals surface area contributed by atoms with Crippen LogP contribution in [0.1, 0.15) is 40.2 Å². The van der Waals surface area contributed by atoms with Gasteiger partial charge in [-0.05, 0) is 43.4 Å². The first-order chi connectivity index (χ1) is 11.1. The molecule has 1 aliphatic rings. The fourth-order valence-electron chi connectivity index (χ4n) is 3.03. The lowest BCUT2D eigenvalue weighted by atomic mass is 9.96. The van der Waals surface area contributed by atoms with Crippen molar-refractivity contribution in [3.8, 4) is 5.75 Å². The van der Waals surface area contributed by atoms with Crippen LogP contribution >= 0.6 is 0 Å². The molecule has 1 amide bonds. The van der Waals surface area contributed by atoms with E-state index < -0.39 is 11.7 Å². The molecule has 23 heavy (non-hydrogen) atoms. The number of aryl methyl sites for hydroxylation is 2. The second-order valence-corrected chi connectivity index (χ2v) is 5.73. The quantitative estimate of drug-likeness (QED) is 0.942. The van der Waals surface area contributed by atoms with Crippen LogP contribution in [0.25, 0.3) is 0 Å². The molecule has 1 aromatic heterocycles. The van der Waals surface area contributed by atoms with Gasteiger partial charge in [0.25, 0.3) is 5.91 Å². The van der Waals surface area contributed by atoms with Gasteiger partial charge in [-0.2, -0.15) is 5.10 Å². The summed E-state index contributed by atoms with van der Waals surface area (Å²) in [6, 6.07) is 4.22. The van der Waals surface area contributed by atoms with E-state index >= 15 is 0 Å². The molecule has 2 aromatic rings. The van der Waals surface area contributed by atoms with Gasteiger partial charge in [0.1, 0.15) is 11.6 Å². The number of aromatic nitrogens is 2. The van der Waals surface area contributed by atoms with Crippen LogP contribution in [0, 0.1) is 5.82 Å².